The summed E-state index contributed by atoms with van der Waals surface area (Å²) in [7, 11) is 0. The lowest BCUT2D eigenvalue weighted by Crippen LogP contribution is -2.26. The molecule has 1 saturated carbocycles. The van der Waals surface area contributed by atoms with Crippen molar-refractivity contribution in [1.29, 1.82) is 0 Å². The second kappa shape index (κ2) is 4.53. The highest BCUT2D eigenvalue weighted by molar-refractivity contribution is 5.96. The summed E-state index contributed by atoms with van der Waals surface area (Å²) >= 11 is 0. The molecule has 1 fully saturated rings. The van der Waals surface area contributed by atoms with Crippen LogP contribution in [0.15, 0.2) is 18.3 Å². The lowest BCUT2D eigenvalue weighted by Gasteiger charge is -2.04. The normalized spacial score (nSPS) is 21.9. The predicted molar refractivity (Wildman–Crippen MR) is 60.8 cm³/mol. The average molecular weight is 234 g/mol. The van der Waals surface area contributed by atoms with Crippen molar-refractivity contribution < 1.29 is 14.7 Å². The topological polar surface area (TPSA) is 79.3 Å². The number of rotatable bonds is 4. The summed E-state index contributed by atoms with van der Waals surface area (Å²) in [6.45, 7) is 2.80. The molecule has 5 nitrogen and oxygen atoms in total. The number of hydrogen-bond donors (Lipinski definition) is 2. The third kappa shape index (κ3) is 2.81. The Morgan fingerprint density at radius 3 is 2.88 bits per heavy atom. The molecule has 1 aromatic heterocycles. The molecular weight excluding hydrogens is 220 g/mol. The Kier molecular flexibility index (Phi) is 3.08. The van der Waals surface area contributed by atoms with E-state index in [1.54, 1.807) is 0 Å². The monoisotopic (exact) mass is 234 g/mol. The summed E-state index contributed by atoms with van der Waals surface area (Å²) in [5, 5.41) is 11.6. The summed E-state index contributed by atoms with van der Waals surface area (Å²) in [5.41, 5.74) is 0.225. The molecule has 1 amide bonds. The van der Waals surface area contributed by atoms with Crippen molar-refractivity contribution in [1.82, 2.24) is 10.3 Å². The van der Waals surface area contributed by atoms with Crippen LogP contribution in [-0.2, 0) is 0 Å². The molecule has 0 radical (unpaired) electrons. The van der Waals surface area contributed by atoms with Crippen molar-refractivity contribution >= 4 is 11.9 Å². The molecule has 2 unspecified atom stereocenters. The van der Waals surface area contributed by atoms with E-state index in [9.17, 15) is 9.59 Å². The second-order valence-corrected chi connectivity index (χ2v) is 4.42. The summed E-state index contributed by atoms with van der Waals surface area (Å²) in [4.78, 5) is 26.1. The van der Waals surface area contributed by atoms with Crippen LogP contribution < -0.4 is 5.32 Å². The van der Waals surface area contributed by atoms with E-state index in [4.69, 9.17) is 5.11 Å². The first kappa shape index (κ1) is 11.6. The zero-order valence-corrected chi connectivity index (χ0v) is 9.51. The molecule has 2 N–H and O–H groups in total. The maximum absolute atomic E-state index is 11.7. The molecule has 1 aliphatic rings. The smallest absolute Gasteiger partial charge is 0.354 e. The van der Waals surface area contributed by atoms with Gasteiger partial charge in [0, 0.05) is 18.3 Å². The maximum atomic E-state index is 11.7. The Morgan fingerprint density at radius 1 is 1.59 bits per heavy atom. The number of pyridine rings is 1. The number of nitrogens with zero attached hydrogens (tertiary/aromatic N) is 1. The quantitative estimate of drug-likeness (QED) is 0.819. The minimum atomic E-state index is -1.13. The van der Waals surface area contributed by atoms with Crippen LogP contribution in [0.5, 0.6) is 0 Å². The molecule has 2 rings (SSSR count). The Bertz CT molecular complexity index is 459. The van der Waals surface area contributed by atoms with E-state index in [-0.39, 0.29) is 11.6 Å². The molecule has 17 heavy (non-hydrogen) atoms. The number of nitrogens with one attached hydrogen (secondary N) is 1. The van der Waals surface area contributed by atoms with E-state index < -0.39 is 5.97 Å². The first-order valence-corrected chi connectivity index (χ1v) is 5.55. The van der Waals surface area contributed by atoms with Crippen molar-refractivity contribution in [2.75, 3.05) is 6.54 Å². The summed E-state index contributed by atoms with van der Waals surface area (Å²) < 4.78 is 0. The Balaban J connectivity index is 1.98. The van der Waals surface area contributed by atoms with Crippen molar-refractivity contribution in [3.05, 3.63) is 29.6 Å². The van der Waals surface area contributed by atoms with E-state index in [0.29, 0.717) is 23.9 Å². The number of amides is 1. The van der Waals surface area contributed by atoms with Crippen LogP contribution in [0.25, 0.3) is 0 Å². The highest BCUT2D eigenvalue weighted by Gasteiger charge is 2.32. The minimum absolute atomic E-state index is 0.113. The number of aromatic carboxylic acids is 1. The molecule has 0 aromatic carbocycles. The van der Waals surface area contributed by atoms with Crippen LogP contribution in [-0.4, -0.2) is 28.5 Å². The molecule has 90 valence electrons. The van der Waals surface area contributed by atoms with Gasteiger partial charge < -0.3 is 10.4 Å². The van der Waals surface area contributed by atoms with Crippen LogP contribution in [0.3, 0.4) is 0 Å². The van der Waals surface area contributed by atoms with Gasteiger partial charge in [0.25, 0.3) is 5.91 Å². The Hall–Kier alpha value is -1.91. The van der Waals surface area contributed by atoms with Gasteiger partial charge in [-0.05, 0) is 30.4 Å². The minimum Gasteiger partial charge on any atom is -0.477 e. The first-order chi connectivity index (χ1) is 8.08. The van der Waals surface area contributed by atoms with E-state index in [1.165, 1.54) is 18.3 Å². The summed E-state index contributed by atoms with van der Waals surface area (Å²) in [5.74, 6) is -0.119. The van der Waals surface area contributed by atoms with Crippen LogP contribution >= 0.6 is 0 Å². The number of carboxylic acid groups (broad SMARTS) is 1. The fourth-order valence-corrected chi connectivity index (χ4v) is 1.70. The van der Waals surface area contributed by atoms with Gasteiger partial charge in [-0.15, -0.1) is 0 Å². The van der Waals surface area contributed by atoms with E-state index in [1.807, 2.05) is 0 Å². The third-order valence-electron chi connectivity index (χ3n) is 3.04. The maximum Gasteiger partial charge on any atom is 0.354 e. The van der Waals surface area contributed by atoms with E-state index >= 15 is 0 Å². The van der Waals surface area contributed by atoms with Gasteiger partial charge in [0.15, 0.2) is 0 Å². The molecule has 1 aromatic rings. The number of hydrogen-bond acceptors (Lipinski definition) is 3. The molecule has 0 spiro atoms. The van der Waals surface area contributed by atoms with Gasteiger partial charge in [-0.1, -0.05) is 6.92 Å². The van der Waals surface area contributed by atoms with Crippen LogP contribution in [0.2, 0.25) is 0 Å². The highest BCUT2D eigenvalue weighted by Crippen LogP contribution is 2.36. The van der Waals surface area contributed by atoms with Gasteiger partial charge >= 0.3 is 5.97 Å². The van der Waals surface area contributed by atoms with Gasteiger partial charge in [0.05, 0.1) is 0 Å². The Labute approximate surface area is 98.9 Å². The van der Waals surface area contributed by atoms with Gasteiger partial charge in [-0.2, -0.15) is 0 Å². The molecule has 0 aliphatic heterocycles. The van der Waals surface area contributed by atoms with Gasteiger partial charge in [-0.25, -0.2) is 9.78 Å². The lowest BCUT2D eigenvalue weighted by molar-refractivity contribution is 0.0690. The Morgan fingerprint density at radius 2 is 2.29 bits per heavy atom. The van der Waals surface area contributed by atoms with Crippen molar-refractivity contribution in [2.45, 2.75) is 13.3 Å². The molecule has 0 saturated heterocycles. The van der Waals surface area contributed by atoms with Gasteiger partial charge in [-0.3, -0.25) is 4.79 Å². The fraction of sp³-hybridized carbons (Fsp3) is 0.417. The second-order valence-electron chi connectivity index (χ2n) is 4.42. The van der Waals surface area contributed by atoms with Crippen molar-refractivity contribution in [3.8, 4) is 0 Å². The SMILES string of the molecule is CC1CC1CNC(=O)c1ccnc(C(=O)O)c1. The van der Waals surface area contributed by atoms with Gasteiger partial charge in [0.2, 0.25) is 0 Å². The largest absolute Gasteiger partial charge is 0.477 e. The molecule has 0 bridgehead atoms. The molecule has 1 heterocycles. The van der Waals surface area contributed by atoms with E-state index in [0.717, 1.165) is 6.42 Å². The molecule has 1 aliphatic carbocycles. The highest BCUT2D eigenvalue weighted by atomic mass is 16.4. The third-order valence-corrected chi connectivity index (χ3v) is 3.04. The number of carboxylic acids is 1. The molecule has 5 heteroatoms. The zero-order chi connectivity index (χ0) is 12.4. The van der Waals surface area contributed by atoms with Crippen molar-refractivity contribution in [2.24, 2.45) is 11.8 Å². The zero-order valence-electron chi connectivity index (χ0n) is 9.51. The lowest BCUT2D eigenvalue weighted by atomic mass is 10.2. The van der Waals surface area contributed by atoms with Crippen LogP contribution in [0.4, 0.5) is 0 Å². The van der Waals surface area contributed by atoms with Crippen LogP contribution in [0, 0.1) is 11.8 Å². The summed E-state index contributed by atoms with van der Waals surface area (Å²) in [6, 6.07) is 2.80. The number of aromatic nitrogens is 1. The first-order valence-electron chi connectivity index (χ1n) is 5.55. The van der Waals surface area contributed by atoms with Gasteiger partial charge in [0.1, 0.15) is 5.69 Å². The van der Waals surface area contributed by atoms with Crippen LogP contribution in [0.1, 0.15) is 34.2 Å². The fourth-order valence-electron chi connectivity index (χ4n) is 1.70. The predicted octanol–water partition coefficient (Wildman–Crippen LogP) is 1.17. The number of carbonyl (C=O) groups is 2. The van der Waals surface area contributed by atoms with Crippen molar-refractivity contribution in [3.63, 3.8) is 0 Å². The standard InChI is InChI=1S/C12H14N2O3/c1-7-4-9(7)6-14-11(15)8-2-3-13-10(5-8)12(16)17/h2-3,5,7,9H,4,6H2,1H3,(H,14,15)(H,16,17). The average Bonchev–Trinajstić information content (AvgIpc) is 3.02. The molecular formula is C12H14N2O3. The molecule has 2 atom stereocenters. The number of carbonyl (C=O) groups excluding carboxylic acids is 1. The van der Waals surface area contributed by atoms with E-state index in [2.05, 4.69) is 17.2 Å². The summed E-state index contributed by atoms with van der Waals surface area (Å²) in [6.07, 6.45) is 2.48.